The average Bonchev–Trinajstić information content (AvgIpc) is 3.66. The zero-order valence-corrected chi connectivity index (χ0v) is 20.9. The molecule has 39 heavy (non-hydrogen) atoms. The summed E-state index contributed by atoms with van der Waals surface area (Å²) in [5, 5.41) is 2.82. The SMILES string of the molecule is Cc1nc2n(c1-c1ccnc(C3(c4ccc(C(=O)Nc5ccccc5N)cc4)CC3)n1)CN(C(F)(F)F)C=C2. The molecule has 2 aromatic carbocycles. The minimum atomic E-state index is -4.50. The predicted octanol–water partition coefficient (Wildman–Crippen LogP) is 5.33. The van der Waals surface area contributed by atoms with Crippen LogP contribution in [0.5, 0.6) is 0 Å². The van der Waals surface area contributed by atoms with E-state index in [0.29, 0.717) is 50.6 Å². The van der Waals surface area contributed by atoms with Crippen molar-refractivity contribution in [3.8, 4) is 11.4 Å². The molecule has 3 N–H and O–H groups in total. The van der Waals surface area contributed by atoms with E-state index in [9.17, 15) is 18.0 Å². The molecule has 0 atom stereocenters. The topological polar surface area (TPSA) is 102 Å². The first-order valence-electron chi connectivity index (χ1n) is 12.3. The number of fused-ring (bicyclic) bond motifs is 1. The Bertz CT molecular complexity index is 1600. The number of alkyl halides is 3. The number of nitrogens with one attached hydrogen (secondary N) is 1. The average molecular weight is 532 g/mol. The Kier molecular flexibility index (Phi) is 5.67. The van der Waals surface area contributed by atoms with Gasteiger partial charge in [-0.3, -0.25) is 9.69 Å². The Morgan fingerprint density at radius 2 is 1.79 bits per heavy atom. The van der Waals surface area contributed by atoms with Gasteiger partial charge in [-0.15, -0.1) is 0 Å². The van der Waals surface area contributed by atoms with E-state index in [2.05, 4.69) is 15.3 Å². The van der Waals surface area contributed by atoms with Crippen molar-refractivity contribution in [3.63, 3.8) is 0 Å². The van der Waals surface area contributed by atoms with Gasteiger partial charge in [-0.25, -0.2) is 15.0 Å². The molecule has 1 aliphatic heterocycles. The smallest absolute Gasteiger partial charge is 0.397 e. The van der Waals surface area contributed by atoms with Gasteiger partial charge in [-0.05, 0) is 61.7 Å². The summed E-state index contributed by atoms with van der Waals surface area (Å²) in [6.07, 6.45) is 1.10. The summed E-state index contributed by atoms with van der Waals surface area (Å²) < 4.78 is 41.7. The van der Waals surface area contributed by atoms with Gasteiger partial charge in [0.25, 0.3) is 5.91 Å². The van der Waals surface area contributed by atoms with Crippen molar-refractivity contribution >= 4 is 23.4 Å². The molecule has 198 valence electrons. The number of anilines is 2. The van der Waals surface area contributed by atoms with Crippen LogP contribution < -0.4 is 11.1 Å². The molecule has 0 spiro atoms. The number of halogens is 3. The fourth-order valence-corrected chi connectivity index (χ4v) is 4.94. The quantitative estimate of drug-likeness (QED) is 0.267. The van der Waals surface area contributed by atoms with Crippen LogP contribution in [0.4, 0.5) is 24.5 Å². The summed E-state index contributed by atoms with van der Waals surface area (Å²) in [7, 11) is 0. The molecule has 0 saturated heterocycles. The van der Waals surface area contributed by atoms with Crippen molar-refractivity contribution in [1.82, 2.24) is 24.4 Å². The predicted molar refractivity (Wildman–Crippen MR) is 140 cm³/mol. The van der Waals surface area contributed by atoms with E-state index < -0.39 is 18.4 Å². The van der Waals surface area contributed by atoms with Crippen molar-refractivity contribution in [2.75, 3.05) is 11.1 Å². The van der Waals surface area contributed by atoms with Crippen LogP contribution in [-0.4, -0.2) is 36.6 Å². The zero-order chi connectivity index (χ0) is 27.4. The maximum Gasteiger partial charge on any atom is 0.485 e. The number of hydrogen-bond acceptors (Lipinski definition) is 6. The third kappa shape index (κ3) is 4.39. The van der Waals surface area contributed by atoms with Gasteiger partial charge in [0.15, 0.2) is 0 Å². The molecule has 8 nitrogen and oxygen atoms in total. The summed E-state index contributed by atoms with van der Waals surface area (Å²) in [5.41, 5.74) is 9.60. The van der Waals surface area contributed by atoms with Crippen LogP contribution in [0.25, 0.3) is 17.5 Å². The number of hydrogen-bond donors (Lipinski definition) is 2. The molecule has 2 aliphatic rings. The Hall–Kier alpha value is -4.67. The van der Waals surface area contributed by atoms with Gasteiger partial charge in [0, 0.05) is 18.0 Å². The molecule has 1 fully saturated rings. The highest BCUT2D eigenvalue weighted by Crippen LogP contribution is 2.52. The number of aryl methyl sites for hydroxylation is 1. The highest BCUT2D eigenvalue weighted by Gasteiger charge is 2.49. The van der Waals surface area contributed by atoms with Crippen LogP contribution in [0.2, 0.25) is 0 Å². The minimum Gasteiger partial charge on any atom is -0.397 e. The van der Waals surface area contributed by atoms with Crippen molar-refractivity contribution in [3.05, 3.63) is 95.5 Å². The lowest BCUT2D eigenvalue weighted by atomic mass is 9.93. The Balaban J connectivity index is 1.27. The number of carbonyl (C=O) groups excluding carboxylic acids is 1. The van der Waals surface area contributed by atoms with Crippen LogP contribution >= 0.6 is 0 Å². The molecule has 6 rings (SSSR count). The second kappa shape index (κ2) is 8.97. The Labute approximate surface area is 222 Å². The van der Waals surface area contributed by atoms with Crippen LogP contribution in [-0.2, 0) is 12.1 Å². The van der Waals surface area contributed by atoms with Gasteiger partial charge in [0.2, 0.25) is 0 Å². The number of aromatic nitrogens is 4. The highest BCUT2D eigenvalue weighted by molar-refractivity contribution is 6.05. The van der Waals surface area contributed by atoms with E-state index in [1.54, 1.807) is 55.6 Å². The molecule has 1 aliphatic carbocycles. The molecular weight excluding hydrogens is 507 g/mol. The maximum atomic E-state index is 13.4. The molecule has 0 unspecified atom stereocenters. The van der Waals surface area contributed by atoms with Gasteiger partial charge in [0.05, 0.1) is 33.9 Å². The number of nitrogens with two attached hydrogens (primary N) is 1. The maximum absolute atomic E-state index is 13.4. The summed E-state index contributed by atoms with van der Waals surface area (Å²) in [4.78, 5) is 26.9. The molecule has 0 radical (unpaired) electrons. The lowest BCUT2D eigenvalue weighted by Gasteiger charge is -2.27. The van der Waals surface area contributed by atoms with Gasteiger partial charge in [0.1, 0.15) is 18.3 Å². The number of nitrogens with zero attached hydrogens (tertiary/aromatic N) is 5. The third-order valence-corrected chi connectivity index (χ3v) is 7.18. The van der Waals surface area contributed by atoms with E-state index in [4.69, 9.17) is 10.7 Å². The molecule has 2 aromatic heterocycles. The van der Waals surface area contributed by atoms with Crippen molar-refractivity contribution < 1.29 is 18.0 Å². The standard InChI is InChI=1S/C28H24F3N7O/c1-17-24(38-16-37(28(29,30)31)15-11-23(38)34-17)22-10-14-33-26(36-22)27(12-13-27)19-8-6-18(7-9-19)25(39)35-21-5-3-2-4-20(21)32/h2-11,14-15H,12-13,16,32H2,1H3,(H,35,39). The first-order valence-corrected chi connectivity index (χ1v) is 12.3. The number of amides is 1. The fourth-order valence-electron chi connectivity index (χ4n) is 4.94. The Morgan fingerprint density at radius 1 is 1.05 bits per heavy atom. The second-order valence-corrected chi connectivity index (χ2v) is 9.69. The molecular formula is C28H24F3N7O. The van der Waals surface area contributed by atoms with E-state index in [0.717, 1.165) is 24.6 Å². The minimum absolute atomic E-state index is 0.273. The first-order chi connectivity index (χ1) is 18.7. The number of para-hydroxylation sites is 2. The van der Waals surface area contributed by atoms with Crippen LogP contribution in [0.1, 0.15) is 46.1 Å². The lowest BCUT2D eigenvalue weighted by molar-refractivity contribution is -0.236. The van der Waals surface area contributed by atoms with Crippen LogP contribution in [0, 0.1) is 6.92 Å². The van der Waals surface area contributed by atoms with E-state index in [1.165, 1.54) is 10.6 Å². The van der Waals surface area contributed by atoms with Crippen molar-refractivity contribution in [1.29, 1.82) is 0 Å². The highest BCUT2D eigenvalue weighted by atomic mass is 19.4. The summed E-state index contributed by atoms with van der Waals surface area (Å²) in [6, 6.07) is 16.0. The van der Waals surface area contributed by atoms with Gasteiger partial charge in [-0.1, -0.05) is 24.3 Å². The Morgan fingerprint density at radius 3 is 2.49 bits per heavy atom. The number of carbonyl (C=O) groups is 1. The molecule has 3 heterocycles. The summed E-state index contributed by atoms with van der Waals surface area (Å²) >= 11 is 0. The number of rotatable bonds is 5. The first kappa shape index (κ1) is 24.7. The van der Waals surface area contributed by atoms with Gasteiger partial charge in [-0.2, -0.15) is 13.2 Å². The number of imidazole rings is 1. The summed E-state index contributed by atoms with van der Waals surface area (Å²) in [5.74, 6) is 0.754. The van der Waals surface area contributed by atoms with E-state index in [-0.39, 0.29) is 5.91 Å². The van der Waals surface area contributed by atoms with E-state index >= 15 is 0 Å². The molecule has 0 bridgehead atoms. The fraction of sp³-hybridized carbons (Fsp3) is 0.214. The summed E-state index contributed by atoms with van der Waals surface area (Å²) in [6.45, 7) is 1.35. The number of nitrogen functional groups attached to an aromatic ring is 1. The monoisotopic (exact) mass is 531 g/mol. The normalized spacial score (nSPS) is 15.6. The molecule has 11 heteroatoms. The zero-order valence-electron chi connectivity index (χ0n) is 20.9. The largest absolute Gasteiger partial charge is 0.485 e. The van der Waals surface area contributed by atoms with Crippen molar-refractivity contribution in [2.45, 2.75) is 38.1 Å². The van der Waals surface area contributed by atoms with Crippen molar-refractivity contribution in [2.24, 2.45) is 0 Å². The molecule has 1 saturated carbocycles. The second-order valence-electron chi connectivity index (χ2n) is 9.69. The van der Waals surface area contributed by atoms with Gasteiger partial charge >= 0.3 is 6.30 Å². The van der Waals surface area contributed by atoms with Gasteiger partial charge < -0.3 is 15.6 Å². The molecule has 4 aromatic rings. The molecule has 1 amide bonds. The third-order valence-electron chi connectivity index (χ3n) is 7.18. The number of benzene rings is 2. The van der Waals surface area contributed by atoms with Crippen LogP contribution in [0.15, 0.2) is 67.0 Å². The van der Waals surface area contributed by atoms with E-state index in [1.807, 2.05) is 12.1 Å². The lowest BCUT2D eigenvalue weighted by Crippen LogP contribution is -2.37. The van der Waals surface area contributed by atoms with Crippen LogP contribution in [0.3, 0.4) is 0 Å².